The molecule has 8 nitrogen and oxygen atoms in total. The van der Waals surface area contributed by atoms with E-state index in [9.17, 15) is 20.4 Å². The summed E-state index contributed by atoms with van der Waals surface area (Å²) in [7, 11) is 1.74. The third-order valence-corrected chi connectivity index (χ3v) is 8.57. The van der Waals surface area contributed by atoms with E-state index >= 15 is 0 Å². The molecule has 10 atom stereocenters. The van der Waals surface area contributed by atoms with E-state index in [0.29, 0.717) is 18.9 Å². The van der Waals surface area contributed by atoms with Crippen LogP contribution < -0.4 is 5.73 Å². The first-order valence-corrected chi connectivity index (χ1v) is 12.8. The molecule has 0 aromatic carbocycles. The van der Waals surface area contributed by atoms with Crippen molar-refractivity contribution in [2.75, 3.05) is 20.3 Å². The van der Waals surface area contributed by atoms with E-state index < -0.39 is 42.9 Å². The largest absolute Gasteiger partial charge is 0.390 e. The van der Waals surface area contributed by atoms with Gasteiger partial charge in [0, 0.05) is 25.0 Å². The average Bonchev–Trinajstić information content (AvgIpc) is 3.32. The predicted molar refractivity (Wildman–Crippen MR) is 127 cm³/mol. The normalized spacial score (nSPS) is 46.6. The molecule has 4 aliphatic rings. The van der Waals surface area contributed by atoms with Crippen molar-refractivity contribution in [1.82, 2.24) is 0 Å². The molecule has 0 aromatic rings. The van der Waals surface area contributed by atoms with E-state index in [0.717, 1.165) is 31.3 Å². The lowest BCUT2D eigenvalue weighted by Crippen LogP contribution is -2.61. The van der Waals surface area contributed by atoms with Gasteiger partial charge in [0.25, 0.3) is 0 Å². The Balaban J connectivity index is 1.73. The van der Waals surface area contributed by atoms with E-state index in [2.05, 4.69) is 26.8 Å². The minimum atomic E-state index is -1.45. The number of aliphatic hydroxyl groups excluding tert-OH is 4. The molecule has 1 heterocycles. The highest BCUT2D eigenvalue weighted by molar-refractivity contribution is 5.40. The molecule has 0 bridgehead atoms. The molecular weight excluding hydrogens is 438 g/mol. The van der Waals surface area contributed by atoms with Crippen LogP contribution >= 0.6 is 0 Å². The third kappa shape index (κ3) is 4.64. The Morgan fingerprint density at radius 2 is 1.88 bits per heavy atom. The number of aliphatic hydroxyl groups is 4. The lowest BCUT2D eigenvalue weighted by molar-refractivity contribution is -0.308. The fraction of sp³-hybridized carbons (Fsp3) is 0.846. The average molecular weight is 482 g/mol. The smallest absolute Gasteiger partial charge is 0.187 e. The molecule has 1 saturated heterocycles. The molecule has 1 saturated carbocycles. The van der Waals surface area contributed by atoms with Gasteiger partial charge >= 0.3 is 0 Å². The van der Waals surface area contributed by atoms with Crippen molar-refractivity contribution >= 4 is 0 Å². The van der Waals surface area contributed by atoms with E-state index in [1.165, 1.54) is 11.1 Å². The zero-order valence-corrected chi connectivity index (χ0v) is 20.9. The second kappa shape index (κ2) is 10.3. The summed E-state index contributed by atoms with van der Waals surface area (Å²) in [6, 6.07) is 0. The van der Waals surface area contributed by atoms with Gasteiger partial charge in [-0.3, -0.25) is 0 Å². The molecule has 0 aromatic heterocycles. The van der Waals surface area contributed by atoms with Gasteiger partial charge in [0.1, 0.15) is 30.5 Å². The van der Waals surface area contributed by atoms with E-state index in [-0.39, 0.29) is 23.8 Å². The first-order valence-electron chi connectivity index (χ1n) is 12.8. The van der Waals surface area contributed by atoms with Crippen LogP contribution in [-0.2, 0) is 14.2 Å². The Labute approximate surface area is 202 Å². The molecule has 0 radical (unpaired) electrons. The number of hydrogen-bond donors (Lipinski definition) is 5. The van der Waals surface area contributed by atoms with Gasteiger partial charge in [-0.1, -0.05) is 38.0 Å². The number of hydrogen-bond acceptors (Lipinski definition) is 8. The fourth-order valence-corrected chi connectivity index (χ4v) is 6.73. The maximum atomic E-state index is 11.6. The standard InChI is InChI=1S/C26H43NO7/c1-13(2)16-7-8-26(3)10-17-14(5-6-15(17)12-32-4)9-18(28)24(20(16)26)34-25-23(31)22(30)21(29)19(11-27)33-25/h10,13-15,18-19,21-25,28-31H,5-9,11-12,27H2,1-4H3/b17-10+/t14-,15+,18+,19+,21+,22-,23+,24-,25+,26+/m0/s1. The Morgan fingerprint density at radius 1 is 1.15 bits per heavy atom. The first-order chi connectivity index (χ1) is 16.1. The molecule has 0 amide bonds. The summed E-state index contributed by atoms with van der Waals surface area (Å²) in [4.78, 5) is 0. The zero-order valence-electron chi connectivity index (χ0n) is 20.9. The van der Waals surface area contributed by atoms with E-state index in [4.69, 9.17) is 19.9 Å². The second-order valence-corrected chi connectivity index (χ2v) is 11.2. The molecule has 4 rings (SSSR count). The lowest BCUT2D eigenvalue weighted by Gasteiger charge is -2.44. The van der Waals surface area contributed by atoms with E-state index in [1.54, 1.807) is 7.11 Å². The molecule has 194 valence electrons. The van der Waals surface area contributed by atoms with Gasteiger partial charge in [-0.15, -0.1) is 0 Å². The Morgan fingerprint density at radius 3 is 2.53 bits per heavy atom. The topological polar surface area (TPSA) is 135 Å². The van der Waals surface area contributed by atoms with Crippen molar-refractivity contribution in [3.05, 3.63) is 22.8 Å². The Hall–Kier alpha value is -0.840. The highest BCUT2D eigenvalue weighted by Gasteiger charge is 2.50. The number of rotatable bonds is 6. The summed E-state index contributed by atoms with van der Waals surface area (Å²) in [5, 5.41) is 42.8. The molecule has 0 spiro atoms. The summed E-state index contributed by atoms with van der Waals surface area (Å²) < 4.78 is 17.7. The molecule has 1 aliphatic heterocycles. The van der Waals surface area contributed by atoms with Gasteiger partial charge in [0.15, 0.2) is 6.29 Å². The van der Waals surface area contributed by atoms with Gasteiger partial charge in [-0.2, -0.15) is 0 Å². The minimum absolute atomic E-state index is 0.0231. The van der Waals surface area contributed by atoms with Crippen LogP contribution in [0.3, 0.4) is 0 Å². The van der Waals surface area contributed by atoms with Crippen LogP contribution in [0.5, 0.6) is 0 Å². The molecule has 8 heteroatoms. The van der Waals surface area contributed by atoms with Crippen LogP contribution in [0.15, 0.2) is 22.8 Å². The van der Waals surface area contributed by atoms with Crippen molar-refractivity contribution in [2.24, 2.45) is 28.9 Å². The van der Waals surface area contributed by atoms with Crippen LogP contribution in [-0.4, -0.2) is 83.6 Å². The van der Waals surface area contributed by atoms with Crippen molar-refractivity contribution in [1.29, 1.82) is 0 Å². The number of ether oxygens (including phenoxy) is 3. The third-order valence-electron chi connectivity index (χ3n) is 8.57. The van der Waals surface area contributed by atoms with Gasteiger partial charge in [0.05, 0.1) is 12.7 Å². The maximum Gasteiger partial charge on any atom is 0.187 e. The van der Waals surface area contributed by atoms with Gasteiger partial charge in [0.2, 0.25) is 0 Å². The minimum Gasteiger partial charge on any atom is -0.390 e. The van der Waals surface area contributed by atoms with Crippen molar-refractivity contribution < 1.29 is 34.6 Å². The Bertz CT molecular complexity index is 796. The van der Waals surface area contributed by atoms with Crippen molar-refractivity contribution in [3.8, 4) is 0 Å². The lowest BCUT2D eigenvalue weighted by atomic mass is 9.71. The maximum absolute atomic E-state index is 11.6. The summed E-state index contributed by atoms with van der Waals surface area (Å²) in [5.41, 5.74) is 9.15. The summed E-state index contributed by atoms with van der Waals surface area (Å²) in [6.45, 7) is 7.20. The highest BCUT2D eigenvalue weighted by Crippen LogP contribution is 2.54. The second-order valence-electron chi connectivity index (χ2n) is 11.2. The summed E-state index contributed by atoms with van der Waals surface area (Å²) in [5.74, 6) is 0.902. The number of allylic oxidation sites excluding steroid dienone is 2. The monoisotopic (exact) mass is 481 g/mol. The SMILES string of the molecule is COC[C@H]1CC[C@H]2C[C@@H](O)[C@H](O[C@H]3O[C@H](CN)[C@@H](O)[C@H](O)[C@H]3O)C3=C(C(C)C)CC[C@]3(C)/C=C/12. The number of fused-ring (bicyclic) bond motifs is 2. The van der Waals surface area contributed by atoms with Crippen molar-refractivity contribution in [2.45, 2.75) is 95.8 Å². The number of nitrogens with two attached hydrogens (primary N) is 1. The molecule has 6 N–H and O–H groups in total. The van der Waals surface area contributed by atoms with Gasteiger partial charge in [-0.25, -0.2) is 0 Å². The Kier molecular flexibility index (Phi) is 7.92. The highest BCUT2D eigenvalue weighted by atomic mass is 16.7. The molecule has 3 aliphatic carbocycles. The van der Waals surface area contributed by atoms with Crippen LogP contribution in [0, 0.1) is 23.2 Å². The van der Waals surface area contributed by atoms with Gasteiger partial charge < -0.3 is 40.4 Å². The molecule has 34 heavy (non-hydrogen) atoms. The quantitative estimate of drug-likeness (QED) is 0.358. The fourth-order valence-electron chi connectivity index (χ4n) is 6.73. The zero-order chi connectivity index (χ0) is 24.8. The van der Waals surface area contributed by atoms with Crippen LogP contribution in [0.2, 0.25) is 0 Å². The van der Waals surface area contributed by atoms with Crippen LogP contribution in [0.4, 0.5) is 0 Å². The van der Waals surface area contributed by atoms with Crippen molar-refractivity contribution in [3.63, 3.8) is 0 Å². The van der Waals surface area contributed by atoms with Crippen LogP contribution in [0.25, 0.3) is 0 Å². The molecule has 2 fully saturated rings. The first kappa shape index (κ1) is 26.2. The number of methoxy groups -OCH3 is 1. The summed E-state index contributed by atoms with van der Waals surface area (Å²) >= 11 is 0. The predicted octanol–water partition coefficient (Wildman–Crippen LogP) is 1.25. The van der Waals surface area contributed by atoms with Crippen LogP contribution in [0.1, 0.15) is 52.9 Å². The molecular formula is C26H43NO7. The van der Waals surface area contributed by atoms with Gasteiger partial charge in [-0.05, 0) is 49.5 Å². The summed E-state index contributed by atoms with van der Waals surface area (Å²) in [6.07, 6.45) is -0.889. The van der Waals surface area contributed by atoms with E-state index in [1.807, 2.05) is 0 Å². The molecule has 0 unspecified atom stereocenters.